The summed E-state index contributed by atoms with van der Waals surface area (Å²) in [6, 6.07) is 4.27. The van der Waals surface area contributed by atoms with E-state index in [1.807, 2.05) is 0 Å². The van der Waals surface area contributed by atoms with E-state index in [0.29, 0.717) is 5.02 Å². The predicted molar refractivity (Wildman–Crippen MR) is 41.7 cm³/mol. The van der Waals surface area contributed by atoms with Gasteiger partial charge in [-0.15, -0.1) is 0 Å². The van der Waals surface area contributed by atoms with Gasteiger partial charge in [0.05, 0.1) is 0 Å². The Bertz CT molecular complexity index is 227. The molecule has 0 bridgehead atoms. The Balaban J connectivity index is 0.000000810. The molecule has 0 aliphatic rings. The second-order valence-electron chi connectivity index (χ2n) is 1.57. The van der Waals surface area contributed by atoms with Crippen LogP contribution >= 0.6 is 23.2 Å². The van der Waals surface area contributed by atoms with Crippen molar-refractivity contribution in [2.45, 2.75) is 0 Å². The van der Waals surface area contributed by atoms with E-state index in [9.17, 15) is 5.11 Å². The Labute approximate surface area is 98.9 Å². The molecule has 0 aliphatic heterocycles. The predicted octanol–water partition coefficient (Wildman–Crippen LogP) is 1.69. The summed E-state index contributed by atoms with van der Waals surface area (Å²) in [5, 5.41) is 11.2. The molecule has 1 rings (SSSR count). The molecule has 0 aliphatic carbocycles. The van der Waals surface area contributed by atoms with Crippen LogP contribution in [0.4, 0.5) is 0 Å². The largest absolute Gasteiger partial charge is 2.00 e. The average Bonchev–Trinajstić information content (AvgIpc) is 1.80. The van der Waals surface area contributed by atoms with E-state index < -0.39 is 0 Å². The van der Waals surface area contributed by atoms with E-state index in [2.05, 4.69) is 0 Å². The molecule has 0 radical (unpaired) electrons. The Morgan fingerprint density at radius 3 is 2.20 bits per heavy atom. The van der Waals surface area contributed by atoms with Crippen LogP contribution in [0.1, 0.15) is 0 Å². The summed E-state index contributed by atoms with van der Waals surface area (Å²) >= 11 is 10.9. The average molecular weight is 202 g/mol. The molecule has 0 N–H and O–H groups in total. The molecule has 10 heavy (non-hydrogen) atoms. The van der Waals surface area contributed by atoms with Gasteiger partial charge in [-0.05, 0) is 12.1 Å². The molecule has 48 valence electrons. The zero-order valence-electron chi connectivity index (χ0n) is 5.10. The van der Waals surface area contributed by atoms with Crippen molar-refractivity contribution in [3.63, 3.8) is 0 Å². The second-order valence-corrected chi connectivity index (χ2v) is 2.42. The van der Waals surface area contributed by atoms with E-state index in [1.54, 1.807) is 0 Å². The van der Waals surface area contributed by atoms with Crippen molar-refractivity contribution in [2.75, 3.05) is 0 Å². The Hall–Kier alpha value is 0.860. The summed E-state index contributed by atoms with van der Waals surface area (Å²) in [6.07, 6.45) is 0. The smallest absolute Gasteiger partial charge is 0.871 e. The van der Waals surface area contributed by atoms with Gasteiger partial charge in [0.1, 0.15) is 0 Å². The van der Waals surface area contributed by atoms with Gasteiger partial charge in [0.2, 0.25) is 0 Å². The first kappa shape index (κ1) is 10.9. The maximum atomic E-state index is 10.6. The molecule has 4 heteroatoms. The summed E-state index contributed by atoms with van der Waals surface area (Å²) in [4.78, 5) is 0. The maximum absolute atomic E-state index is 10.6. The Morgan fingerprint density at radius 2 is 1.80 bits per heavy atom. The molecular weight excluding hydrogens is 199 g/mol. The van der Waals surface area contributed by atoms with Gasteiger partial charge >= 0.3 is 37.7 Å². The minimum absolute atomic E-state index is 0. The molecule has 0 atom stereocenters. The van der Waals surface area contributed by atoms with Crippen molar-refractivity contribution < 1.29 is 5.11 Å². The van der Waals surface area contributed by atoms with Crippen LogP contribution in [-0.2, 0) is 0 Å². The van der Waals surface area contributed by atoms with E-state index in [4.69, 9.17) is 23.2 Å². The SMILES string of the molecule is [Ca+2].[O-]c1ccc(Cl)cc1Cl. The van der Waals surface area contributed by atoms with Crippen molar-refractivity contribution >= 4 is 60.9 Å². The molecule has 0 amide bonds. The molecule has 0 fully saturated rings. The summed E-state index contributed by atoms with van der Waals surface area (Å²) < 4.78 is 0. The molecular formula is C6H3CaCl2O+. The molecule has 0 heterocycles. The van der Waals surface area contributed by atoms with Crippen molar-refractivity contribution in [3.8, 4) is 5.75 Å². The van der Waals surface area contributed by atoms with E-state index in [1.165, 1.54) is 18.2 Å². The first-order chi connectivity index (χ1) is 4.20. The van der Waals surface area contributed by atoms with Crippen molar-refractivity contribution in [3.05, 3.63) is 28.2 Å². The van der Waals surface area contributed by atoms with E-state index in [0.717, 1.165) is 0 Å². The van der Waals surface area contributed by atoms with Gasteiger partial charge in [0.15, 0.2) is 0 Å². The van der Waals surface area contributed by atoms with Crippen LogP contribution < -0.4 is 5.11 Å². The molecule has 0 aromatic heterocycles. The van der Waals surface area contributed by atoms with Crippen LogP contribution in [0.2, 0.25) is 10.0 Å². The van der Waals surface area contributed by atoms with Gasteiger partial charge in [0.25, 0.3) is 0 Å². The Morgan fingerprint density at radius 1 is 1.20 bits per heavy atom. The Kier molecular flexibility index (Phi) is 5.08. The third kappa shape index (κ3) is 2.85. The number of benzene rings is 1. The summed E-state index contributed by atoms with van der Waals surface area (Å²) in [7, 11) is 0. The quantitative estimate of drug-likeness (QED) is 0.587. The van der Waals surface area contributed by atoms with Crippen LogP contribution in [-0.4, -0.2) is 37.7 Å². The first-order valence-electron chi connectivity index (χ1n) is 2.32. The zero-order valence-corrected chi connectivity index (χ0v) is 8.82. The molecule has 1 aromatic carbocycles. The van der Waals surface area contributed by atoms with Crippen molar-refractivity contribution in [1.82, 2.24) is 0 Å². The molecule has 0 saturated heterocycles. The minimum atomic E-state index is -0.193. The normalized spacial score (nSPS) is 8.60. The number of rotatable bonds is 0. The number of hydrogen-bond acceptors (Lipinski definition) is 1. The monoisotopic (exact) mass is 201 g/mol. The summed E-state index contributed by atoms with van der Waals surface area (Å²) in [5.41, 5.74) is 0. The van der Waals surface area contributed by atoms with E-state index in [-0.39, 0.29) is 48.5 Å². The van der Waals surface area contributed by atoms with Gasteiger partial charge < -0.3 is 5.11 Å². The van der Waals surface area contributed by atoms with Gasteiger partial charge in [0, 0.05) is 10.0 Å². The van der Waals surface area contributed by atoms with Crippen LogP contribution in [0.15, 0.2) is 18.2 Å². The van der Waals surface area contributed by atoms with E-state index >= 15 is 0 Å². The van der Waals surface area contributed by atoms with Crippen molar-refractivity contribution in [1.29, 1.82) is 0 Å². The van der Waals surface area contributed by atoms with Crippen LogP contribution in [0.25, 0.3) is 0 Å². The molecule has 0 saturated carbocycles. The summed E-state index contributed by atoms with van der Waals surface area (Å²) in [5.74, 6) is -0.193. The molecule has 0 unspecified atom stereocenters. The third-order valence-electron chi connectivity index (χ3n) is 0.894. The first-order valence-corrected chi connectivity index (χ1v) is 3.08. The van der Waals surface area contributed by atoms with Crippen LogP contribution in [0.3, 0.4) is 0 Å². The number of hydrogen-bond donors (Lipinski definition) is 0. The fraction of sp³-hybridized carbons (Fsp3) is 0. The fourth-order valence-electron chi connectivity index (χ4n) is 0.475. The van der Waals surface area contributed by atoms with Gasteiger partial charge in [-0.1, -0.05) is 35.0 Å². The fourth-order valence-corrected chi connectivity index (χ4v) is 0.884. The molecule has 1 aromatic rings. The maximum Gasteiger partial charge on any atom is 2.00 e. The van der Waals surface area contributed by atoms with Crippen LogP contribution in [0, 0.1) is 0 Å². The topological polar surface area (TPSA) is 23.1 Å². The van der Waals surface area contributed by atoms with Gasteiger partial charge in [-0.3, -0.25) is 0 Å². The standard InChI is InChI=1S/C6H4Cl2O.Ca/c7-4-1-2-6(9)5(8)3-4;/h1-3,9H;/q;+2/p-1. The van der Waals surface area contributed by atoms with Gasteiger partial charge in [-0.25, -0.2) is 0 Å². The van der Waals surface area contributed by atoms with Gasteiger partial charge in [-0.2, -0.15) is 0 Å². The summed E-state index contributed by atoms with van der Waals surface area (Å²) in [6.45, 7) is 0. The van der Waals surface area contributed by atoms with Crippen LogP contribution in [0.5, 0.6) is 5.75 Å². The molecule has 1 nitrogen and oxygen atoms in total. The minimum Gasteiger partial charge on any atom is -0.871 e. The number of halogens is 2. The van der Waals surface area contributed by atoms with Crippen molar-refractivity contribution in [2.24, 2.45) is 0 Å². The zero-order chi connectivity index (χ0) is 6.85. The second kappa shape index (κ2) is 4.68. The molecule has 0 spiro atoms. The third-order valence-corrected chi connectivity index (χ3v) is 1.42.